The molecule has 3 aromatic carbocycles. The third-order valence-corrected chi connectivity index (χ3v) is 4.59. The van der Waals surface area contributed by atoms with Gasteiger partial charge in [-0.05, 0) is 24.3 Å². The Balaban J connectivity index is 1.72. The topological polar surface area (TPSA) is 119 Å². The zero-order valence-electron chi connectivity index (χ0n) is 15.2. The molecule has 0 atom stereocenters. The Morgan fingerprint density at radius 2 is 1.45 bits per heavy atom. The number of hydrogen-bond donors (Lipinski definition) is 3. The summed E-state index contributed by atoms with van der Waals surface area (Å²) < 4.78 is 11.0. The number of aromatic hydroxyl groups is 1. The minimum atomic E-state index is -0.462. The lowest BCUT2D eigenvalue weighted by atomic mass is 9.82. The summed E-state index contributed by atoms with van der Waals surface area (Å²) in [5.41, 5.74) is 6.42. The number of rotatable bonds is 5. The second kappa shape index (κ2) is 7.29. The van der Waals surface area contributed by atoms with Crippen molar-refractivity contribution >= 4 is 17.3 Å². The van der Waals surface area contributed by atoms with Crippen LogP contribution in [-0.4, -0.2) is 35.0 Å². The summed E-state index contributed by atoms with van der Waals surface area (Å²) in [5, 5.41) is 19.2. The van der Waals surface area contributed by atoms with Gasteiger partial charge in [0.2, 0.25) is 0 Å². The number of benzene rings is 3. The van der Waals surface area contributed by atoms with Crippen molar-refractivity contribution in [3.05, 3.63) is 76.9 Å². The molecule has 4 N–H and O–H groups in total. The Bertz CT molecular complexity index is 1120. The molecule has 29 heavy (non-hydrogen) atoms. The lowest BCUT2D eigenvalue weighted by molar-refractivity contribution is 0.0977. The van der Waals surface area contributed by atoms with Crippen LogP contribution in [0.3, 0.4) is 0 Å². The fourth-order valence-corrected chi connectivity index (χ4v) is 3.25. The summed E-state index contributed by atoms with van der Waals surface area (Å²) in [5.74, 6) is -0.282. The Labute approximate surface area is 165 Å². The Morgan fingerprint density at radius 3 is 2.07 bits per heavy atom. The van der Waals surface area contributed by atoms with Crippen molar-refractivity contribution in [3.8, 4) is 23.0 Å². The van der Waals surface area contributed by atoms with Gasteiger partial charge < -0.3 is 25.4 Å². The molecule has 0 radical (unpaired) electrons. The number of nitrogens with two attached hydrogens (primary N) is 1. The van der Waals surface area contributed by atoms with Crippen LogP contribution >= 0.6 is 0 Å². The maximum Gasteiger partial charge on any atom is 0.198 e. The van der Waals surface area contributed by atoms with E-state index in [4.69, 9.17) is 20.3 Å². The highest BCUT2D eigenvalue weighted by Gasteiger charge is 2.35. The van der Waals surface area contributed by atoms with Gasteiger partial charge in [0.1, 0.15) is 23.9 Å². The molecular formula is C22H17NO6. The van der Waals surface area contributed by atoms with Crippen LogP contribution < -0.4 is 15.2 Å². The van der Waals surface area contributed by atoms with Crippen LogP contribution in [0.5, 0.6) is 23.0 Å². The van der Waals surface area contributed by atoms with Gasteiger partial charge in [-0.2, -0.15) is 0 Å². The standard InChI is InChI=1S/C22H17NO6/c23-20-17(29-13-7-5-12(6-8-13)28-10-9-24)11-16(25)18-19(20)22(27)15-4-2-1-3-14(15)21(18)26/h1-8,11,24-25H,9-10,23H2. The van der Waals surface area contributed by atoms with E-state index in [1.54, 1.807) is 48.5 Å². The normalized spacial score (nSPS) is 12.3. The summed E-state index contributed by atoms with van der Waals surface area (Å²) in [4.78, 5) is 25.7. The molecule has 0 spiro atoms. The van der Waals surface area contributed by atoms with E-state index in [0.29, 0.717) is 11.5 Å². The molecule has 1 aliphatic carbocycles. The molecule has 4 rings (SSSR count). The van der Waals surface area contributed by atoms with E-state index in [-0.39, 0.29) is 52.7 Å². The monoisotopic (exact) mass is 391 g/mol. The summed E-state index contributed by atoms with van der Waals surface area (Å²) in [6.07, 6.45) is 0. The van der Waals surface area contributed by atoms with Crippen LogP contribution in [-0.2, 0) is 0 Å². The summed E-state index contributed by atoms with van der Waals surface area (Å²) >= 11 is 0. The van der Waals surface area contributed by atoms with Crippen molar-refractivity contribution in [3.63, 3.8) is 0 Å². The predicted molar refractivity (Wildman–Crippen MR) is 105 cm³/mol. The number of phenolic OH excluding ortho intramolecular Hbond substituents is 1. The largest absolute Gasteiger partial charge is 0.507 e. The molecule has 0 fully saturated rings. The van der Waals surface area contributed by atoms with Gasteiger partial charge in [-0.1, -0.05) is 24.3 Å². The number of ketones is 2. The molecule has 0 amide bonds. The highest BCUT2D eigenvalue weighted by Crippen LogP contribution is 2.42. The van der Waals surface area contributed by atoms with Crippen molar-refractivity contribution < 1.29 is 29.3 Å². The fraction of sp³-hybridized carbons (Fsp3) is 0.0909. The van der Waals surface area contributed by atoms with Crippen LogP contribution in [0.2, 0.25) is 0 Å². The minimum absolute atomic E-state index is 0.0220. The molecule has 1 aliphatic rings. The van der Waals surface area contributed by atoms with E-state index >= 15 is 0 Å². The quantitative estimate of drug-likeness (QED) is 0.353. The van der Waals surface area contributed by atoms with Gasteiger partial charge in [0.25, 0.3) is 0 Å². The van der Waals surface area contributed by atoms with Crippen molar-refractivity contribution in [2.45, 2.75) is 0 Å². The molecular weight excluding hydrogens is 374 g/mol. The van der Waals surface area contributed by atoms with Crippen molar-refractivity contribution in [2.24, 2.45) is 0 Å². The molecule has 0 saturated carbocycles. The molecule has 3 aromatic rings. The lowest BCUT2D eigenvalue weighted by Gasteiger charge is -2.21. The van der Waals surface area contributed by atoms with Gasteiger partial charge in [-0.25, -0.2) is 0 Å². The van der Waals surface area contributed by atoms with Gasteiger partial charge in [0.05, 0.1) is 23.4 Å². The molecule has 0 aliphatic heterocycles. The first kappa shape index (κ1) is 18.5. The Hall–Kier alpha value is -3.84. The number of phenols is 1. The Morgan fingerprint density at radius 1 is 0.862 bits per heavy atom. The van der Waals surface area contributed by atoms with E-state index in [0.717, 1.165) is 0 Å². The smallest absolute Gasteiger partial charge is 0.198 e. The maximum atomic E-state index is 12.9. The third kappa shape index (κ3) is 3.17. The van der Waals surface area contributed by atoms with Gasteiger partial charge >= 0.3 is 0 Å². The molecule has 7 heteroatoms. The first-order valence-corrected chi connectivity index (χ1v) is 8.86. The van der Waals surface area contributed by atoms with Gasteiger partial charge in [-0.15, -0.1) is 0 Å². The van der Waals surface area contributed by atoms with Crippen molar-refractivity contribution in [2.75, 3.05) is 18.9 Å². The lowest BCUT2D eigenvalue weighted by Crippen LogP contribution is -2.22. The maximum absolute atomic E-state index is 12.9. The molecule has 7 nitrogen and oxygen atoms in total. The molecule has 0 saturated heterocycles. The predicted octanol–water partition coefficient (Wildman–Crippen LogP) is 2.91. The summed E-state index contributed by atoms with van der Waals surface area (Å²) in [6.45, 7) is 0.0719. The number of ether oxygens (including phenoxy) is 2. The summed E-state index contributed by atoms with van der Waals surface area (Å²) in [7, 11) is 0. The van der Waals surface area contributed by atoms with E-state index in [1.165, 1.54) is 6.07 Å². The van der Waals surface area contributed by atoms with E-state index in [2.05, 4.69) is 0 Å². The highest BCUT2D eigenvalue weighted by atomic mass is 16.5. The molecule has 0 heterocycles. The minimum Gasteiger partial charge on any atom is -0.507 e. The highest BCUT2D eigenvalue weighted by molar-refractivity contribution is 6.31. The third-order valence-electron chi connectivity index (χ3n) is 4.59. The Kier molecular flexibility index (Phi) is 4.66. The average Bonchev–Trinajstić information content (AvgIpc) is 2.74. The van der Waals surface area contributed by atoms with E-state index < -0.39 is 11.6 Å². The first-order valence-electron chi connectivity index (χ1n) is 8.86. The second-order valence-corrected chi connectivity index (χ2v) is 6.41. The van der Waals surface area contributed by atoms with Gasteiger partial charge in [-0.3, -0.25) is 9.59 Å². The van der Waals surface area contributed by atoms with Crippen molar-refractivity contribution in [1.82, 2.24) is 0 Å². The SMILES string of the molecule is Nc1c(Oc2ccc(OCCO)cc2)cc(O)c2c1C(=O)c1ccccc1C2=O. The van der Waals surface area contributed by atoms with Crippen LogP contribution in [0.15, 0.2) is 54.6 Å². The number of fused-ring (bicyclic) bond motifs is 2. The molecule has 0 unspecified atom stereocenters. The number of carbonyl (C=O) groups is 2. The average molecular weight is 391 g/mol. The number of aliphatic hydroxyl groups excluding tert-OH is 1. The van der Waals surface area contributed by atoms with Gasteiger partial charge in [0.15, 0.2) is 17.3 Å². The second-order valence-electron chi connectivity index (χ2n) is 6.41. The van der Waals surface area contributed by atoms with Crippen LogP contribution in [0.4, 0.5) is 5.69 Å². The molecule has 146 valence electrons. The number of aliphatic hydroxyl groups is 1. The fourth-order valence-electron chi connectivity index (χ4n) is 3.25. The van der Waals surface area contributed by atoms with E-state index in [9.17, 15) is 14.7 Å². The zero-order chi connectivity index (χ0) is 20.5. The first-order chi connectivity index (χ1) is 14.0. The number of hydrogen-bond acceptors (Lipinski definition) is 7. The van der Waals surface area contributed by atoms with Gasteiger partial charge in [0, 0.05) is 17.2 Å². The number of carbonyl (C=O) groups excluding carboxylic acids is 2. The summed E-state index contributed by atoms with van der Waals surface area (Å²) in [6, 6.07) is 14.1. The molecule has 0 bridgehead atoms. The number of nitrogen functional groups attached to an aromatic ring is 1. The number of anilines is 1. The van der Waals surface area contributed by atoms with Crippen LogP contribution in [0.1, 0.15) is 31.8 Å². The van der Waals surface area contributed by atoms with Crippen LogP contribution in [0, 0.1) is 0 Å². The van der Waals surface area contributed by atoms with E-state index in [1.807, 2.05) is 0 Å². The molecule has 0 aromatic heterocycles. The van der Waals surface area contributed by atoms with Crippen molar-refractivity contribution in [1.29, 1.82) is 0 Å². The van der Waals surface area contributed by atoms with Crippen LogP contribution in [0.25, 0.3) is 0 Å². The zero-order valence-corrected chi connectivity index (χ0v) is 15.2.